The van der Waals surface area contributed by atoms with E-state index < -0.39 is 0 Å². The van der Waals surface area contributed by atoms with E-state index in [-0.39, 0.29) is 17.7 Å². The largest absolute Gasteiger partial charge is 0.618 e. The highest BCUT2D eigenvalue weighted by molar-refractivity contribution is 7.99. The van der Waals surface area contributed by atoms with Crippen LogP contribution >= 0.6 is 11.8 Å². The van der Waals surface area contributed by atoms with E-state index in [0.717, 1.165) is 16.0 Å². The summed E-state index contributed by atoms with van der Waals surface area (Å²) in [5.41, 5.74) is 3.01. The molecule has 0 radical (unpaired) electrons. The van der Waals surface area contributed by atoms with Gasteiger partial charge in [0.1, 0.15) is 11.8 Å². The molecule has 4 rings (SSSR count). The van der Waals surface area contributed by atoms with Gasteiger partial charge in [-0.05, 0) is 42.4 Å². The summed E-state index contributed by atoms with van der Waals surface area (Å²) in [5.74, 6) is 0.647. The number of hydrogen-bond donors (Lipinski definition) is 0. The summed E-state index contributed by atoms with van der Waals surface area (Å²) < 4.78 is 6.31. The van der Waals surface area contributed by atoms with Crippen molar-refractivity contribution in [3.8, 4) is 0 Å². The van der Waals surface area contributed by atoms with Crippen LogP contribution in [0.2, 0.25) is 0 Å². The molecular formula is C21H19N3O3S. The van der Waals surface area contributed by atoms with Gasteiger partial charge in [0.05, 0.1) is 17.7 Å². The number of carbonyl (C=O) groups is 1. The maximum absolute atomic E-state index is 12.9. The smallest absolute Gasteiger partial charge is 0.253 e. The van der Waals surface area contributed by atoms with Gasteiger partial charge in [-0.2, -0.15) is 9.83 Å². The first-order valence-electron chi connectivity index (χ1n) is 8.93. The quantitative estimate of drug-likeness (QED) is 0.376. The predicted molar refractivity (Wildman–Crippen MR) is 107 cm³/mol. The number of nitrogens with zero attached hydrogens (tertiary/aromatic N) is 3. The first kappa shape index (κ1) is 18.3. The van der Waals surface area contributed by atoms with Gasteiger partial charge in [-0.1, -0.05) is 29.8 Å². The lowest BCUT2D eigenvalue weighted by molar-refractivity contribution is -0.645. The van der Waals surface area contributed by atoms with Crippen molar-refractivity contribution in [3.63, 3.8) is 0 Å². The molecule has 0 fully saturated rings. The molecule has 3 aromatic rings. The van der Waals surface area contributed by atoms with E-state index in [1.807, 2.05) is 37.3 Å². The molecule has 1 aliphatic rings. The molecule has 0 saturated carbocycles. The molecule has 1 aromatic carbocycles. The lowest BCUT2D eigenvalue weighted by Gasteiger charge is -2.19. The Labute approximate surface area is 167 Å². The molecule has 6 nitrogen and oxygen atoms in total. The van der Waals surface area contributed by atoms with Crippen molar-refractivity contribution in [2.75, 3.05) is 5.75 Å². The van der Waals surface area contributed by atoms with Crippen molar-refractivity contribution in [3.05, 3.63) is 89.2 Å². The molecule has 0 unspecified atom stereocenters. The molecule has 142 valence electrons. The Morgan fingerprint density at radius 1 is 1.25 bits per heavy atom. The fourth-order valence-electron chi connectivity index (χ4n) is 3.09. The van der Waals surface area contributed by atoms with Gasteiger partial charge in [0.2, 0.25) is 0 Å². The van der Waals surface area contributed by atoms with Gasteiger partial charge >= 0.3 is 0 Å². The second kappa shape index (κ2) is 7.90. The van der Waals surface area contributed by atoms with Crippen LogP contribution in [0.15, 0.2) is 81.6 Å². The summed E-state index contributed by atoms with van der Waals surface area (Å²) in [6, 6.07) is 16.6. The third kappa shape index (κ3) is 3.80. The van der Waals surface area contributed by atoms with Crippen molar-refractivity contribution < 1.29 is 13.9 Å². The SMILES string of the molecule is Cc1ccc(C2=NN(C(=O)CSc3cccc[n+]3[O-])[C@@H](c3ccco3)C2)cc1. The molecule has 28 heavy (non-hydrogen) atoms. The van der Waals surface area contributed by atoms with Crippen LogP contribution in [0.25, 0.3) is 0 Å². The minimum Gasteiger partial charge on any atom is -0.618 e. The Hall–Kier alpha value is -3.06. The predicted octanol–water partition coefficient (Wildman–Crippen LogP) is 3.69. The molecule has 0 aliphatic carbocycles. The van der Waals surface area contributed by atoms with Crippen LogP contribution in [0.1, 0.15) is 29.3 Å². The van der Waals surface area contributed by atoms with Crippen LogP contribution in [0.5, 0.6) is 0 Å². The summed E-state index contributed by atoms with van der Waals surface area (Å²) in [6.45, 7) is 2.03. The Morgan fingerprint density at radius 2 is 2.07 bits per heavy atom. The van der Waals surface area contributed by atoms with Crippen LogP contribution in [-0.2, 0) is 4.79 Å². The van der Waals surface area contributed by atoms with E-state index in [1.54, 1.807) is 30.5 Å². The summed E-state index contributed by atoms with van der Waals surface area (Å²) in [6.07, 6.45) is 3.60. The standard InChI is InChI=1S/C21H19N3O3S/c1-15-7-9-16(10-8-15)17-13-18(19-5-4-12-27-19)24(22-17)20(25)14-28-21-6-2-3-11-23(21)26/h2-12,18H,13-14H2,1H3/t18-/m1/s1. The minimum atomic E-state index is -0.283. The summed E-state index contributed by atoms with van der Waals surface area (Å²) in [5, 5.41) is 18.4. The Bertz CT molecular complexity index is 1000. The number of carbonyl (C=O) groups excluding carboxylic acids is 1. The second-order valence-electron chi connectivity index (χ2n) is 6.54. The molecule has 0 bridgehead atoms. The average molecular weight is 393 g/mol. The molecule has 7 heteroatoms. The number of amides is 1. The zero-order chi connectivity index (χ0) is 19.5. The highest BCUT2D eigenvalue weighted by Gasteiger charge is 2.35. The van der Waals surface area contributed by atoms with E-state index in [9.17, 15) is 10.0 Å². The van der Waals surface area contributed by atoms with Crippen LogP contribution in [0, 0.1) is 12.1 Å². The maximum Gasteiger partial charge on any atom is 0.253 e. The van der Waals surface area contributed by atoms with Gasteiger partial charge in [-0.25, -0.2) is 5.01 Å². The normalized spacial score (nSPS) is 16.2. The molecule has 0 N–H and O–H groups in total. The van der Waals surface area contributed by atoms with E-state index >= 15 is 0 Å². The number of aromatic nitrogens is 1. The number of rotatable bonds is 5. The van der Waals surface area contributed by atoms with Crippen LogP contribution in [-0.4, -0.2) is 22.4 Å². The van der Waals surface area contributed by atoms with E-state index in [2.05, 4.69) is 5.10 Å². The molecule has 0 spiro atoms. The lowest BCUT2D eigenvalue weighted by Crippen LogP contribution is -2.31. The fourth-order valence-corrected chi connectivity index (χ4v) is 3.86. The lowest BCUT2D eigenvalue weighted by atomic mass is 10.0. The van der Waals surface area contributed by atoms with Gasteiger partial charge in [0.15, 0.2) is 6.20 Å². The zero-order valence-corrected chi connectivity index (χ0v) is 16.1. The van der Waals surface area contributed by atoms with Gasteiger partial charge in [-0.15, -0.1) is 0 Å². The topological polar surface area (TPSA) is 72.8 Å². The van der Waals surface area contributed by atoms with Crippen molar-refractivity contribution in [1.29, 1.82) is 0 Å². The number of hydrazone groups is 1. The Kier molecular flexibility index (Phi) is 5.16. The van der Waals surface area contributed by atoms with Gasteiger partial charge in [0.25, 0.3) is 10.9 Å². The minimum absolute atomic E-state index is 0.119. The van der Waals surface area contributed by atoms with Gasteiger partial charge < -0.3 is 9.62 Å². The number of pyridine rings is 1. The molecule has 3 heterocycles. The van der Waals surface area contributed by atoms with Crippen LogP contribution in [0.4, 0.5) is 0 Å². The Balaban J connectivity index is 1.56. The summed E-state index contributed by atoms with van der Waals surface area (Å²) in [7, 11) is 0. The number of hydrogen-bond acceptors (Lipinski definition) is 5. The Morgan fingerprint density at radius 3 is 2.79 bits per heavy atom. The highest BCUT2D eigenvalue weighted by Crippen LogP contribution is 2.33. The fraction of sp³-hybridized carbons (Fsp3) is 0.190. The first-order chi connectivity index (χ1) is 13.6. The number of aryl methyl sites for hydroxylation is 1. The van der Waals surface area contributed by atoms with E-state index in [0.29, 0.717) is 17.2 Å². The molecule has 1 atom stereocenters. The molecule has 1 aliphatic heterocycles. The van der Waals surface area contributed by atoms with Gasteiger partial charge in [-0.3, -0.25) is 4.79 Å². The van der Waals surface area contributed by atoms with Gasteiger partial charge in [0, 0.05) is 18.6 Å². The van der Waals surface area contributed by atoms with Crippen molar-refractivity contribution in [1.82, 2.24) is 5.01 Å². The first-order valence-corrected chi connectivity index (χ1v) is 9.91. The third-order valence-corrected chi connectivity index (χ3v) is 5.56. The average Bonchev–Trinajstić information content (AvgIpc) is 3.37. The molecule has 0 saturated heterocycles. The highest BCUT2D eigenvalue weighted by atomic mass is 32.2. The van der Waals surface area contributed by atoms with E-state index in [1.165, 1.54) is 28.5 Å². The number of thioether (sulfide) groups is 1. The molecule has 2 aromatic heterocycles. The second-order valence-corrected chi connectivity index (χ2v) is 7.54. The monoisotopic (exact) mass is 393 g/mol. The maximum atomic E-state index is 12.9. The number of furan rings is 1. The zero-order valence-electron chi connectivity index (χ0n) is 15.3. The third-order valence-electron chi connectivity index (χ3n) is 4.55. The summed E-state index contributed by atoms with van der Waals surface area (Å²) in [4.78, 5) is 12.9. The van der Waals surface area contributed by atoms with Crippen molar-refractivity contribution >= 4 is 23.4 Å². The van der Waals surface area contributed by atoms with Crippen LogP contribution < -0.4 is 4.73 Å². The van der Waals surface area contributed by atoms with Crippen molar-refractivity contribution in [2.45, 2.75) is 24.4 Å². The molecule has 1 amide bonds. The number of benzene rings is 1. The summed E-state index contributed by atoms with van der Waals surface area (Å²) >= 11 is 1.20. The van der Waals surface area contributed by atoms with Crippen LogP contribution in [0.3, 0.4) is 0 Å². The van der Waals surface area contributed by atoms with Crippen molar-refractivity contribution in [2.24, 2.45) is 5.10 Å². The molecular weight excluding hydrogens is 374 g/mol. The van der Waals surface area contributed by atoms with E-state index in [4.69, 9.17) is 4.42 Å².